The molecule has 20 heavy (non-hydrogen) atoms. The highest BCUT2D eigenvalue weighted by Gasteiger charge is 2.14. The van der Waals surface area contributed by atoms with Crippen LogP contribution in [-0.2, 0) is 15.7 Å². The summed E-state index contributed by atoms with van der Waals surface area (Å²) in [6.07, 6.45) is 0. The maximum absolute atomic E-state index is 11.4. The Morgan fingerprint density at radius 1 is 1.25 bits per heavy atom. The van der Waals surface area contributed by atoms with E-state index >= 15 is 0 Å². The first-order valence-electron chi connectivity index (χ1n) is 6.27. The molecule has 7 heteroatoms. The highest BCUT2D eigenvalue weighted by atomic mass is 79.9. The molecule has 0 bridgehead atoms. The lowest BCUT2D eigenvalue weighted by atomic mass is 10.2. The van der Waals surface area contributed by atoms with Gasteiger partial charge in [0, 0.05) is 11.6 Å². The first-order valence-corrected chi connectivity index (χ1v) is 9.42. The molecule has 0 saturated carbocycles. The number of hydrogen-bond acceptors (Lipinski definition) is 4. The minimum atomic E-state index is -3.04. The average molecular weight is 386 g/mol. The molecule has 1 rings (SSSR count). The Labute approximate surface area is 133 Å². The van der Waals surface area contributed by atoms with Gasteiger partial charge in [-0.05, 0) is 40.5 Å². The molecule has 0 heterocycles. The van der Waals surface area contributed by atoms with Crippen LogP contribution in [0.15, 0.2) is 16.6 Å². The largest absolute Gasteiger partial charge is 0.490 e. The van der Waals surface area contributed by atoms with Gasteiger partial charge in [-0.25, -0.2) is 8.42 Å². The number of hydrogen-bond donors (Lipinski definition) is 0. The van der Waals surface area contributed by atoms with Crippen LogP contribution in [0.4, 0.5) is 0 Å². The average Bonchev–Trinajstić information content (AvgIpc) is 2.41. The number of sulfone groups is 1. The first-order chi connectivity index (χ1) is 9.43. The third-order valence-corrected chi connectivity index (χ3v) is 5.17. The van der Waals surface area contributed by atoms with E-state index in [1.165, 1.54) is 0 Å². The lowest BCUT2D eigenvalue weighted by Gasteiger charge is -2.14. The second-order valence-electron chi connectivity index (χ2n) is 4.06. The van der Waals surface area contributed by atoms with E-state index in [0.717, 1.165) is 5.56 Å². The van der Waals surface area contributed by atoms with Gasteiger partial charge in [-0.15, -0.1) is 11.6 Å². The van der Waals surface area contributed by atoms with Gasteiger partial charge in [0.25, 0.3) is 0 Å². The Balaban J connectivity index is 2.87. The lowest BCUT2D eigenvalue weighted by Crippen LogP contribution is -2.16. The molecule has 0 radical (unpaired) electrons. The van der Waals surface area contributed by atoms with Crippen LogP contribution in [0.5, 0.6) is 11.5 Å². The van der Waals surface area contributed by atoms with Gasteiger partial charge in [0.05, 0.1) is 16.8 Å². The summed E-state index contributed by atoms with van der Waals surface area (Å²) in [6, 6.07) is 3.63. The van der Waals surface area contributed by atoms with Crippen LogP contribution in [0, 0.1) is 0 Å². The molecule has 0 atom stereocenters. The quantitative estimate of drug-likeness (QED) is 0.644. The summed E-state index contributed by atoms with van der Waals surface area (Å²) >= 11 is 9.20. The van der Waals surface area contributed by atoms with Gasteiger partial charge in [0.1, 0.15) is 6.61 Å². The Bertz CT molecular complexity index is 546. The van der Waals surface area contributed by atoms with Gasteiger partial charge in [0.2, 0.25) is 0 Å². The number of rotatable bonds is 8. The predicted octanol–water partition coefficient (Wildman–Crippen LogP) is 3.40. The molecule has 1 aromatic carbocycles. The predicted molar refractivity (Wildman–Crippen MR) is 84.7 cm³/mol. The molecular formula is C13H18BrClO4S. The molecule has 1 aromatic rings. The smallest absolute Gasteiger partial charge is 0.175 e. The molecule has 0 aliphatic heterocycles. The first kappa shape index (κ1) is 17.6. The third kappa shape index (κ3) is 5.14. The maximum atomic E-state index is 11.4. The van der Waals surface area contributed by atoms with Gasteiger partial charge in [0.15, 0.2) is 21.3 Å². The number of halogens is 2. The molecular weight excluding hydrogens is 368 g/mol. The molecule has 0 aliphatic rings. The second-order valence-corrected chi connectivity index (χ2v) is 7.65. The summed E-state index contributed by atoms with van der Waals surface area (Å²) < 4.78 is 34.7. The van der Waals surface area contributed by atoms with Crippen LogP contribution >= 0.6 is 27.5 Å². The molecule has 0 aromatic heterocycles. The van der Waals surface area contributed by atoms with Gasteiger partial charge >= 0.3 is 0 Å². The zero-order valence-electron chi connectivity index (χ0n) is 11.5. The summed E-state index contributed by atoms with van der Waals surface area (Å²) in [6.45, 7) is 4.07. The third-order valence-electron chi connectivity index (χ3n) is 2.60. The zero-order valence-corrected chi connectivity index (χ0v) is 14.6. The standard InChI is InChI=1S/C13H18BrClO4S/c1-3-18-12-8-10(9-15)7-11(14)13(12)19-5-6-20(16,17)4-2/h7-8H,3-6,9H2,1-2H3. The SMILES string of the molecule is CCOc1cc(CCl)cc(Br)c1OCCS(=O)(=O)CC. The van der Waals surface area contributed by atoms with Crippen LogP contribution in [0.2, 0.25) is 0 Å². The summed E-state index contributed by atoms with van der Waals surface area (Å²) in [5, 5.41) is 0. The molecule has 0 N–H and O–H groups in total. The van der Waals surface area contributed by atoms with Crippen LogP contribution in [-0.4, -0.2) is 33.1 Å². The fourth-order valence-electron chi connectivity index (χ4n) is 1.52. The van der Waals surface area contributed by atoms with Crippen LogP contribution in [0.3, 0.4) is 0 Å². The highest BCUT2D eigenvalue weighted by molar-refractivity contribution is 9.10. The molecule has 0 amide bonds. The van der Waals surface area contributed by atoms with Crippen molar-refractivity contribution in [2.45, 2.75) is 19.7 Å². The molecule has 0 aliphatic carbocycles. The van der Waals surface area contributed by atoms with E-state index in [2.05, 4.69) is 15.9 Å². The lowest BCUT2D eigenvalue weighted by molar-refractivity contribution is 0.286. The minimum Gasteiger partial charge on any atom is -0.490 e. The van der Waals surface area contributed by atoms with Crippen molar-refractivity contribution >= 4 is 37.4 Å². The Kier molecular flexibility index (Phi) is 7.12. The van der Waals surface area contributed by atoms with E-state index < -0.39 is 9.84 Å². The van der Waals surface area contributed by atoms with Crippen LogP contribution in [0.25, 0.3) is 0 Å². The van der Waals surface area contributed by atoms with Gasteiger partial charge < -0.3 is 9.47 Å². The monoisotopic (exact) mass is 384 g/mol. The summed E-state index contributed by atoms with van der Waals surface area (Å²) in [5.41, 5.74) is 0.899. The summed E-state index contributed by atoms with van der Waals surface area (Å²) in [4.78, 5) is 0. The van der Waals surface area contributed by atoms with Crippen LogP contribution < -0.4 is 9.47 Å². The number of alkyl halides is 1. The molecule has 114 valence electrons. The fourth-order valence-corrected chi connectivity index (χ4v) is 2.90. The van der Waals surface area contributed by atoms with Crippen molar-refractivity contribution in [3.05, 3.63) is 22.2 Å². The van der Waals surface area contributed by atoms with Crippen molar-refractivity contribution in [1.29, 1.82) is 0 Å². The fraction of sp³-hybridized carbons (Fsp3) is 0.538. The van der Waals surface area contributed by atoms with Crippen molar-refractivity contribution in [1.82, 2.24) is 0 Å². The topological polar surface area (TPSA) is 52.6 Å². The van der Waals surface area contributed by atoms with Crippen molar-refractivity contribution < 1.29 is 17.9 Å². The highest BCUT2D eigenvalue weighted by Crippen LogP contribution is 2.37. The van der Waals surface area contributed by atoms with E-state index in [9.17, 15) is 8.42 Å². The Hall–Kier alpha value is -0.460. The van der Waals surface area contributed by atoms with Gasteiger partial charge in [-0.1, -0.05) is 6.92 Å². The zero-order chi connectivity index (χ0) is 15.2. The summed E-state index contributed by atoms with van der Waals surface area (Å²) in [7, 11) is -3.04. The minimum absolute atomic E-state index is 0.0151. The normalized spacial score (nSPS) is 11.4. The van der Waals surface area contributed by atoms with Crippen LogP contribution in [0.1, 0.15) is 19.4 Å². The number of ether oxygens (including phenoxy) is 2. The molecule has 0 fully saturated rings. The van der Waals surface area contributed by atoms with Crippen molar-refractivity contribution in [2.75, 3.05) is 24.7 Å². The number of benzene rings is 1. The van der Waals surface area contributed by atoms with Gasteiger partial charge in [-0.2, -0.15) is 0 Å². The van der Waals surface area contributed by atoms with Crippen molar-refractivity contribution in [3.8, 4) is 11.5 Å². The van der Waals surface area contributed by atoms with E-state index in [1.54, 1.807) is 13.0 Å². The molecule has 0 spiro atoms. The summed E-state index contributed by atoms with van der Waals surface area (Å²) in [5.74, 6) is 1.53. The maximum Gasteiger partial charge on any atom is 0.175 e. The second kappa shape index (κ2) is 8.10. The van der Waals surface area contributed by atoms with E-state index in [-0.39, 0.29) is 18.1 Å². The van der Waals surface area contributed by atoms with E-state index in [4.69, 9.17) is 21.1 Å². The van der Waals surface area contributed by atoms with E-state index in [1.807, 2.05) is 13.0 Å². The Morgan fingerprint density at radius 2 is 1.95 bits per heavy atom. The van der Waals surface area contributed by atoms with Crippen molar-refractivity contribution in [3.63, 3.8) is 0 Å². The van der Waals surface area contributed by atoms with Gasteiger partial charge in [-0.3, -0.25) is 0 Å². The molecule has 0 saturated heterocycles. The molecule has 0 unspecified atom stereocenters. The van der Waals surface area contributed by atoms with E-state index in [0.29, 0.717) is 28.5 Å². The van der Waals surface area contributed by atoms with Crippen molar-refractivity contribution in [2.24, 2.45) is 0 Å². The molecule has 4 nitrogen and oxygen atoms in total. The Morgan fingerprint density at radius 3 is 2.50 bits per heavy atom.